The lowest BCUT2D eigenvalue weighted by atomic mass is 9.94. The molecule has 0 spiro atoms. The number of halogens is 2. The Labute approximate surface area is 402 Å². The second-order valence-electron chi connectivity index (χ2n) is 16.9. The van der Waals surface area contributed by atoms with Crippen molar-refractivity contribution in [1.82, 2.24) is 14.6 Å². The standard InChI is InChI=1S/C50H45Cl2N5O8S2/c1-29-49(66-50(54-29)55-38-4-2-3-5-38)67(61,62)57-26-37-24-45-44(64-28-46(65-45)35-15-17-39(18-16-35)63-27-32-10-19-40(51)41(52)20-32)23-36(37)22-43(57)47(58)56-42(48(59)60)21-30-6-11-33(12-7-30)34-13-8-31(25-53)9-14-34/h6-20,23-24,38,42-43,46H,2-5,21-22,26-28H2,1H3,(H,54,55)(H,56,58)(H,59,60). The Morgan fingerprint density at radius 1 is 0.925 bits per heavy atom. The molecule has 0 saturated heterocycles. The lowest BCUT2D eigenvalue weighted by Crippen LogP contribution is -2.55. The van der Waals surface area contributed by atoms with Crippen molar-refractivity contribution < 1.29 is 37.3 Å². The van der Waals surface area contributed by atoms with E-state index in [1.807, 2.05) is 54.6 Å². The van der Waals surface area contributed by atoms with Crippen LogP contribution in [0.25, 0.3) is 11.1 Å². The molecule has 1 amide bonds. The number of benzene rings is 5. The summed E-state index contributed by atoms with van der Waals surface area (Å²) in [6.45, 7) is 1.93. The van der Waals surface area contributed by atoms with Crippen molar-refractivity contribution in [3.05, 3.63) is 152 Å². The van der Waals surface area contributed by atoms with Crippen LogP contribution in [0, 0.1) is 18.3 Å². The Balaban J connectivity index is 0.952. The Morgan fingerprint density at radius 3 is 2.30 bits per heavy atom. The van der Waals surface area contributed by atoms with Crippen LogP contribution in [-0.4, -0.2) is 59.4 Å². The van der Waals surface area contributed by atoms with Crippen LogP contribution in [0.15, 0.2) is 107 Å². The molecule has 3 aliphatic rings. The van der Waals surface area contributed by atoms with Gasteiger partial charge < -0.3 is 30.0 Å². The zero-order chi connectivity index (χ0) is 46.8. The molecular weight excluding hydrogens is 934 g/mol. The van der Waals surface area contributed by atoms with Crippen molar-refractivity contribution >= 4 is 61.6 Å². The van der Waals surface area contributed by atoms with Gasteiger partial charge in [0.1, 0.15) is 31.0 Å². The number of aliphatic carboxylic acids is 1. The van der Waals surface area contributed by atoms with E-state index in [4.69, 9.17) is 42.7 Å². The van der Waals surface area contributed by atoms with E-state index in [2.05, 4.69) is 21.7 Å². The number of anilines is 1. The van der Waals surface area contributed by atoms with Gasteiger partial charge in [0.05, 0.1) is 27.4 Å². The number of hydrogen-bond donors (Lipinski definition) is 3. The number of carboxylic acid groups (broad SMARTS) is 1. The molecule has 344 valence electrons. The highest BCUT2D eigenvalue weighted by Crippen LogP contribution is 2.43. The first-order valence-corrected chi connectivity index (χ1v) is 24.8. The van der Waals surface area contributed by atoms with Crippen molar-refractivity contribution in [3.63, 3.8) is 0 Å². The number of aromatic nitrogens is 1. The van der Waals surface area contributed by atoms with Crippen LogP contribution in [0.2, 0.25) is 10.0 Å². The number of sulfonamides is 1. The Kier molecular flexibility index (Phi) is 13.4. The van der Waals surface area contributed by atoms with Crippen LogP contribution in [0.4, 0.5) is 5.13 Å². The van der Waals surface area contributed by atoms with Gasteiger partial charge in [0.25, 0.3) is 10.0 Å². The minimum Gasteiger partial charge on any atom is -0.489 e. The predicted molar refractivity (Wildman–Crippen MR) is 255 cm³/mol. The highest BCUT2D eigenvalue weighted by atomic mass is 35.5. The fourth-order valence-corrected chi connectivity index (χ4v) is 12.1. The molecule has 3 N–H and O–H groups in total. The van der Waals surface area contributed by atoms with E-state index in [1.165, 1.54) is 0 Å². The molecule has 6 aromatic rings. The summed E-state index contributed by atoms with van der Waals surface area (Å²) in [6.07, 6.45) is 3.51. The number of hydrogen-bond acceptors (Lipinski definition) is 11. The van der Waals surface area contributed by atoms with Gasteiger partial charge in [0, 0.05) is 19.0 Å². The Bertz CT molecular complexity index is 2970. The molecule has 13 nitrogen and oxygen atoms in total. The van der Waals surface area contributed by atoms with Gasteiger partial charge in [-0.1, -0.05) is 102 Å². The zero-order valence-corrected chi connectivity index (χ0v) is 39.4. The molecular formula is C50H45Cl2N5O8S2. The number of carbonyl (C=O) groups excluding carboxylic acids is 1. The second kappa shape index (κ2) is 19.6. The fourth-order valence-electron chi connectivity index (χ4n) is 8.65. The van der Waals surface area contributed by atoms with Crippen molar-refractivity contribution in [3.8, 4) is 34.4 Å². The molecule has 1 saturated carbocycles. The summed E-state index contributed by atoms with van der Waals surface area (Å²) in [4.78, 5) is 31.8. The zero-order valence-electron chi connectivity index (χ0n) is 36.2. The highest BCUT2D eigenvalue weighted by Gasteiger charge is 2.43. The van der Waals surface area contributed by atoms with E-state index in [0.717, 1.165) is 63.6 Å². The van der Waals surface area contributed by atoms with Crippen LogP contribution < -0.4 is 24.8 Å². The molecule has 0 radical (unpaired) electrons. The minimum atomic E-state index is -4.37. The van der Waals surface area contributed by atoms with Gasteiger partial charge in [-0.3, -0.25) is 4.79 Å². The van der Waals surface area contributed by atoms with E-state index < -0.39 is 40.1 Å². The summed E-state index contributed by atoms with van der Waals surface area (Å²) in [7, 11) is -4.37. The maximum Gasteiger partial charge on any atom is 0.326 e. The lowest BCUT2D eigenvalue weighted by Gasteiger charge is -2.36. The van der Waals surface area contributed by atoms with Gasteiger partial charge in [-0.2, -0.15) is 9.57 Å². The Morgan fingerprint density at radius 2 is 1.61 bits per heavy atom. The van der Waals surface area contributed by atoms with E-state index >= 15 is 0 Å². The normalized spacial score (nSPS) is 17.5. The molecule has 0 bridgehead atoms. The lowest BCUT2D eigenvalue weighted by molar-refractivity contribution is -0.142. The van der Waals surface area contributed by atoms with Gasteiger partial charge in [-0.15, -0.1) is 0 Å². The predicted octanol–water partition coefficient (Wildman–Crippen LogP) is 9.67. The van der Waals surface area contributed by atoms with Crippen molar-refractivity contribution in [1.29, 1.82) is 5.26 Å². The van der Waals surface area contributed by atoms with Crippen LogP contribution in [-0.2, 0) is 45.6 Å². The van der Waals surface area contributed by atoms with Crippen LogP contribution in [0.5, 0.6) is 17.2 Å². The summed E-state index contributed by atoms with van der Waals surface area (Å²) >= 11 is 13.2. The highest BCUT2D eigenvalue weighted by molar-refractivity contribution is 7.91. The van der Waals surface area contributed by atoms with Gasteiger partial charge in [0.15, 0.2) is 26.9 Å². The van der Waals surface area contributed by atoms with Crippen molar-refractivity contribution in [2.24, 2.45) is 0 Å². The molecule has 3 unspecified atom stereocenters. The number of nitrogens with zero attached hydrogens (tertiary/aromatic N) is 3. The number of rotatable bonds is 14. The average Bonchev–Trinajstić information content (AvgIpc) is 4.00. The van der Waals surface area contributed by atoms with E-state index in [1.54, 1.807) is 55.5 Å². The van der Waals surface area contributed by atoms with Gasteiger partial charge in [-0.05, 0) is 114 Å². The fraction of sp³-hybridized carbons (Fsp3) is 0.280. The number of amides is 1. The monoisotopic (exact) mass is 977 g/mol. The molecule has 17 heteroatoms. The molecule has 1 aromatic heterocycles. The third kappa shape index (κ3) is 10.2. The SMILES string of the molecule is Cc1nc(NC2CCCC2)sc1S(=O)(=O)N1Cc2cc3c(cc2CC1C(=O)NC(Cc1ccc(-c2ccc(C#N)cc2)cc1)C(=O)O)OCC(c1ccc(OCc2ccc(Cl)c(Cl)c2)cc1)O3. The summed E-state index contributed by atoms with van der Waals surface area (Å²) in [5, 5.41) is 27.0. The smallest absolute Gasteiger partial charge is 0.326 e. The van der Waals surface area contributed by atoms with Crippen LogP contribution >= 0.6 is 34.5 Å². The molecule has 1 aliphatic carbocycles. The molecule has 5 aromatic carbocycles. The average molecular weight is 979 g/mol. The van der Waals surface area contributed by atoms with E-state index in [0.29, 0.717) is 67.0 Å². The minimum absolute atomic E-state index is 0.00776. The maximum absolute atomic E-state index is 14.9. The molecule has 9 rings (SSSR count). The third-order valence-corrected chi connectivity index (χ3v) is 16.6. The number of ether oxygens (including phenoxy) is 3. The number of nitrogens with one attached hydrogen (secondary N) is 2. The first kappa shape index (κ1) is 46.0. The maximum atomic E-state index is 14.9. The number of nitriles is 1. The van der Waals surface area contributed by atoms with Crippen LogP contribution in [0.1, 0.15) is 70.9 Å². The van der Waals surface area contributed by atoms with Crippen molar-refractivity contribution in [2.75, 3.05) is 11.9 Å². The molecule has 1 fully saturated rings. The summed E-state index contributed by atoms with van der Waals surface area (Å²) in [5.74, 6) is -0.510. The summed E-state index contributed by atoms with van der Waals surface area (Å²) in [6, 6.07) is 30.3. The van der Waals surface area contributed by atoms with Crippen LogP contribution in [0.3, 0.4) is 0 Å². The summed E-state index contributed by atoms with van der Waals surface area (Å²) < 4.78 is 49.6. The van der Waals surface area contributed by atoms with E-state index in [-0.39, 0.29) is 36.2 Å². The third-order valence-electron chi connectivity index (χ3n) is 12.3. The largest absolute Gasteiger partial charge is 0.489 e. The quantitative estimate of drug-likeness (QED) is 0.0946. The second-order valence-corrected chi connectivity index (χ2v) is 20.8. The number of thiazole rings is 1. The summed E-state index contributed by atoms with van der Waals surface area (Å²) in [5.41, 5.74) is 6.24. The number of aryl methyl sites for hydroxylation is 1. The van der Waals surface area contributed by atoms with Gasteiger partial charge in [0.2, 0.25) is 5.91 Å². The number of carbonyl (C=O) groups is 2. The molecule has 2 aliphatic heterocycles. The van der Waals surface area contributed by atoms with E-state index in [9.17, 15) is 23.1 Å². The first-order valence-electron chi connectivity index (χ1n) is 21.8. The number of fused-ring (bicyclic) bond motifs is 2. The van der Waals surface area contributed by atoms with Gasteiger partial charge >= 0.3 is 5.97 Å². The van der Waals surface area contributed by atoms with Crippen molar-refractivity contribution in [2.45, 2.75) is 87.0 Å². The van der Waals surface area contributed by atoms with Gasteiger partial charge in [-0.25, -0.2) is 18.2 Å². The topological polar surface area (TPSA) is 180 Å². The Hall–Kier alpha value is -6.15. The number of carboxylic acids is 1. The first-order chi connectivity index (χ1) is 32.3. The molecule has 3 heterocycles. The molecule has 3 atom stereocenters. The molecule has 67 heavy (non-hydrogen) atoms.